The van der Waals surface area contributed by atoms with Crippen molar-refractivity contribution in [3.63, 3.8) is 0 Å². The molecule has 1 saturated heterocycles. The number of para-hydroxylation sites is 1. The summed E-state index contributed by atoms with van der Waals surface area (Å²) in [6, 6.07) is 21.4. The molecule has 0 saturated carbocycles. The van der Waals surface area contributed by atoms with Crippen molar-refractivity contribution in [3.05, 3.63) is 111 Å². The highest BCUT2D eigenvalue weighted by molar-refractivity contribution is 5.59. The molecule has 6 rings (SSSR count). The number of aliphatic hydroxyl groups is 1. The number of rotatable bonds is 6. The van der Waals surface area contributed by atoms with Crippen LogP contribution in [0.5, 0.6) is 11.5 Å². The van der Waals surface area contributed by atoms with Crippen molar-refractivity contribution in [2.24, 2.45) is 0 Å². The number of aromatic amines is 1. The molecule has 0 aliphatic carbocycles. The van der Waals surface area contributed by atoms with E-state index < -0.39 is 0 Å². The fraction of sp³-hybridized carbons (Fsp3) is 0.267. The van der Waals surface area contributed by atoms with Crippen molar-refractivity contribution in [1.29, 1.82) is 0 Å². The molecule has 3 N–H and O–H groups in total. The molecule has 4 aromatic rings. The minimum atomic E-state index is -0.306. The van der Waals surface area contributed by atoms with Crippen LogP contribution >= 0.6 is 0 Å². The first-order valence-electron chi connectivity index (χ1n) is 12.9. The molecule has 194 valence electrons. The first kappa shape index (κ1) is 24.2. The Balaban J connectivity index is 1.23. The summed E-state index contributed by atoms with van der Waals surface area (Å²) in [6.07, 6.45) is 2.15. The number of pyridine rings is 2. The topological polar surface area (TPSA) is 99.7 Å². The van der Waals surface area contributed by atoms with Gasteiger partial charge in [0.2, 0.25) is 0 Å². The monoisotopic (exact) mass is 510 g/mol. The number of nitrogens with zero attached hydrogens (tertiary/aromatic N) is 2. The Kier molecular flexibility index (Phi) is 6.57. The molecule has 2 atom stereocenters. The summed E-state index contributed by atoms with van der Waals surface area (Å²) < 4.78 is 12.6. The van der Waals surface area contributed by atoms with Crippen LogP contribution in [0.3, 0.4) is 0 Å². The van der Waals surface area contributed by atoms with Crippen molar-refractivity contribution < 1.29 is 14.6 Å². The number of aromatic nitrogens is 2. The molecule has 8 nitrogen and oxygen atoms in total. The van der Waals surface area contributed by atoms with E-state index in [1.165, 1.54) is 0 Å². The van der Waals surface area contributed by atoms with Crippen molar-refractivity contribution in [3.8, 4) is 11.5 Å². The maximum Gasteiger partial charge on any atom is 0.271 e. The van der Waals surface area contributed by atoms with Gasteiger partial charge in [0, 0.05) is 48.2 Å². The van der Waals surface area contributed by atoms with Crippen LogP contribution in [0.1, 0.15) is 40.2 Å². The molecule has 2 aromatic heterocycles. The average Bonchev–Trinajstić information content (AvgIpc) is 2.94. The summed E-state index contributed by atoms with van der Waals surface area (Å²) >= 11 is 0. The fourth-order valence-electron chi connectivity index (χ4n) is 5.23. The Morgan fingerprint density at radius 2 is 2.03 bits per heavy atom. The number of morpholine rings is 1. The zero-order chi connectivity index (χ0) is 26.1. The average molecular weight is 511 g/mol. The Labute approximate surface area is 220 Å². The lowest BCUT2D eigenvalue weighted by molar-refractivity contribution is 0.0383. The van der Waals surface area contributed by atoms with E-state index in [4.69, 9.17) is 9.47 Å². The third kappa shape index (κ3) is 4.76. The predicted molar refractivity (Wildman–Crippen MR) is 146 cm³/mol. The first-order chi connectivity index (χ1) is 18.6. The number of benzene rings is 2. The lowest BCUT2D eigenvalue weighted by Gasteiger charge is -2.35. The second-order valence-electron chi connectivity index (χ2n) is 9.71. The fourth-order valence-corrected chi connectivity index (χ4v) is 5.23. The highest BCUT2D eigenvalue weighted by Gasteiger charge is 2.29. The maximum absolute atomic E-state index is 12.4. The molecule has 2 aliphatic rings. The summed E-state index contributed by atoms with van der Waals surface area (Å²) in [5, 5.41) is 13.4. The van der Waals surface area contributed by atoms with Crippen LogP contribution in [-0.2, 0) is 11.2 Å². The van der Waals surface area contributed by atoms with Crippen LogP contribution in [0.4, 0.5) is 11.4 Å². The number of hydrogen-bond donors (Lipinski definition) is 3. The quantitative estimate of drug-likeness (QED) is 0.309. The van der Waals surface area contributed by atoms with Gasteiger partial charge in [0.1, 0.15) is 23.3 Å². The van der Waals surface area contributed by atoms with E-state index in [-0.39, 0.29) is 24.3 Å². The van der Waals surface area contributed by atoms with Crippen LogP contribution in [0.2, 0.25) is 0 Å². The largest absolute Gasteiger partial charge is 0.456 e. The SMILES string of the molecule is Cc1cccc(C(CO)Nc2ccc3c(c2)Cc2cccc(C4CN(c5ccc[nH]c5=O)CCO4)c2O3)n1. The van der Waals surface area contributed by atoms with Crippen LogP contribution < -0.4 is 20.5 Å². The van der Waals surface area contributed by atoms with Gasteiger partial charge < -0.3 is 29.8 Å². The molecule has 38 heavy (non-hydrogen) atoms. The van der Waals surface area contributed by atoms with E-state index in [2.05, 4.69) is 32.3 Å². The number of ether oxygens (including phenoxy) is 2. The molecule has 2 unspecified atom stereocenters. The lowest BCUT2D eigenvalue weighted by Crippen LogP contribution is -2.41. The van der Waals surface area contributed by atoms with E-state index in [1.807, 2.05) is 61.5 Å². The molecule has 0 spiro atoms. The maximum atomic E-state index is 12.4. The highest BCUT2D eigenvalue weighted by atomic mass is 16.5. The molecule has 0 bridgehead atoms. The summed E-state index contributed by atoms with van der Waals surface area (Å²) in [5.74, 6) is 1.63. The molecule has 1 fully saturated rings. The molecule has 4 heterocycles. The number of nitrogens with one attached hydrogen (secondary N) is 2. The number of anilines is 2. The number of aryl methyl sites for hydroxylation is 1. The van der Waals surface area contributed by atoms with E-state index in [9.17, 15) is 9.90 Å². The van der Waals surface area contributed by atoms with E-state index in [0.717, 1.165) is 51.7 Å². The van der Waals surface area contributed by atoms with Crippen LogP contribution in [0.25, 0.3) is 0 Å². The predicted octanol–water partition coefficient (Wildman–Crippen LogP) is 4.50. The summed E-state index contributed by atoms with van der Waals surface area (Å²) in [7, 11) is 0. The molecule has 0 amide bonds. The molecule has 8 heteroatoms. The third-order valence-corrected chi connectivity index (χ3v) is 7.12. The van der Waals surface area contributed by atoms with Gasteiger partial charge in [-0.2, -0.15) is 0 Å². The third-order valence-electron chi connectivity index (χ3n) is 7.12. The van der Waals surface area contributed by atoms with Crippen LogP contribution in [-0.4, -0.2) is 41.4 Å². The highest BCUT2D eigenvalue weighted by Crippen LogP contribution is 2.43. The van der Waals surface area contributed by atoms with Gasteiger partial charge in [-0.15, -0.1) is 0 Å². The van der Waals surface area contributed by atoms with Gasteiger partial charge in [-0.1, -0.05) is 24.3 Å². The van der Waals surface area contributed by atoms with E-state index in [1.54, 1.807) is 6.20 Å². The molecule has 2 aromatic carbocycles. The molecule has 0 radical (unpaired) electrons. The number of hydrogen-bond acceptors (Lipinski definition) is 7. The van der Waals surface area contributed by atoms with E-state index in [0.29, 0.717) is 25.4 Å². The zero-order valence-electron chi connectivity index (χ0n) is 21.2. The first-order valence-corrected chi connectivity index (χ1v) is 12.9. The van der Waals surface area contributed by atoms with Crippen molar-refractivity contribution in [2.45, 2.75) is 25.5 Å². The Bertz CT molecular complexity index is 1520. The van der Waals surface area contributed by atoms with Crippen molar-refractivity contribution in [1.82, 2.24) is 9.97 Å². The Morgan fingerprint density at radius 3 is 2.87 bits per heavy atom. The standard InChI is InChI=1S/C30H30N4O4/c1-19-5-2-8-24(32-19)25(18-35)33-22-10-11-27-21(16-22)15-20-6-3-7-23(29(20)38-27)28-17-34(13-14-37-28)26-9-4-12-31-30(26)36/h2-12,16,25,28,33,35H,13-15,17-18H2,1H3,(H,31,36). The minimum Gasteiger partial charge on any atom is -0.456 e. The van der Waals surface area contributed by atoms with Gasteiger partial charge in [0.25, 0.3) is 5.56 Å². The number of H-pyrrole nitrogens is 1. The Morgan fingerprint density at radius 1 is 1.13 bits per heavy atom. The number of fused-ring (bicyclic) bond motifs is 2. The van der Waals surface area contributed by atoms with Gasteiger partial charge in [-0.05, 0) is 55.0 Å². The van der Waals surface area contributed by atoms with Crippen molar-refractivity contribution in [2.75, 3.05) is 36.5 Å². The van der Waals surface area contributed by atoms with Crippen LogP contribution in [0, 0.1) is 6.92 Å². The van der Waals surface area contributed by atoms with E-state index >= 15 is 0 Å². The second kappa shape index (κ2) is 10.3. The smallest absolute Gasteiger partial charge is 0.271 e. The minimum absolute atomic E-state index is 0.0660. The van der Waals surface area contributed by atoms with Gasteiger partial charge in [-0.25, -0.2) is 0 Å². The van der Waals surface area contributed by atoms with Gasteiger partial charge in [-0.3, -0.25) is 9.78 Å². The molecular formula is C30H30N4O4. The Hall–Kier alpha value is -4.14. The van der Waals surface area contributed by atoms with Gasteiger partial charge in [0.05, 0.1) is 24.9 Å². The lowest BCUT2D eigenvalue weighted by atomic mass is 9.95. The summed E-state index contributed by atoms with van der Waals surface area (Å²) in [5.41, 5.74) is 6.30. The summed E-state index contributed by atoms with van der Waals surface area (Å²) in [4.78, 5) is 21.7. The van der Waals surface area contributed by atoms with Gasteiger partial charge >= 0.3 is 0 Å². The molecular weight excluding hydrogens is 480 g/mol. The zero-order valence-corrected chi connectivity index (χ0v) is 21.2. The summed E-state index contributed by atoms with van der Waals surface area (Å²) in [6.45, 7) is 3.62. The van der Waals surface area contributed by atoms with Crippen molar-refractivity contribution >= 4 is 11.4 Å². The van der Waals surface area contributed by atoms with Crippen LogP contribution in [0.15, 0.2) is 77.7 Å². The second-order valence-corrected chi connectivity index (χ2v) is 9.71. The normalized spacial score (nSPS) is 17.2. The van der Waals surface area contributed by atoms with Gasteiger partial charge in [0.15, 0.2) is 0 Å². The molecule has 2 aliphatic heterocycles. The number of aliphatic hydroxyl groups excluding tert-OH is 1.